The summed E-state index contributed by atoms with van der Waals surface area (Å²) in [6.45, 7) is 17.6. The molecule has 0 radical (unpaired) electrons. The van der Waals surface area contributed by atoms with Crippen LogP contribution < -0.4 is 0 Å². The molecule has 1 rings (SSSR count). The molecule has 2 heteroatoms. The van der Waals surface area contributed by atoms with E-state index in [9.17, 15) is 0 Å². The van der Waals surface area contributed by atoms with Crippen molar-refractivity contribution >= 4 is 0 Å². The highest BCUT2D eigenvalue weighted by atomic mass is 15.4. The zero-order valence-corrected chi connectivity index (χ0v) is 12.5. The number of hydrogen-bond acceptors (Lipinski definition) is 2. The monoisotopic (exact) mass is 226 g/mol. The maximum atomic E-state index is 2.66. The third-order valence-corrected chi connectivity index (χ3v) is 3.80. The van der Waals surface area contributed by atoms with E-state index in [2.05, 4.69) is 65.3 Å². The second kappa shape index (κ2) is 4.30. The van der Waals surface area contributed by atoms with Crippen molar-refractivity contribution in [2.45, 2.75) is 72.6 Å². The van der Waals surface area contributed by atoms with Crippen molar-refractivity contribution in [2.75, 3.05) is 13.6 Å². The first kappa shape index (κ1) is 14.0. The number of rotatable bonds is 0. The smallest absolute Gasteiger partial charge is 0.0676 e. The van der Waals surface area contributed by atoms with E-state index in [1.165, 1.54) is 13.0 Å². The van der Waals surface area contributed by atoms with Crippen LogP contribution >= 0.6 is 0 Å². The van der Waals surface area contributed by atoms with Gasteiger partial charge in [0.25, 0.3) is 0 Å². The first-order chi connectivity index (χ1) is 7.05. The van der Waals surface area contributed by atoms with Crippen molar-refractivity contribution in [2.24, 2.45) is 5.41 Å². The standard InChI is InChI=1S/C14H30N2/c1-11-9-10-16(14(5,6)7)12(15(11)8)13(2,3)4/h11-12H,9-10H2,1-8H3. The van der Waals surface area contributed by atoms with Crippen molar-refractivity contribution < 1.29 is 0 Å². The summed E-state index contributed by atoms with van der Waals surface area (Å²) in [7, 11) is 2.28. The molecule has 0 aromatic heterocycles. The molecule has 0 saturated carbocycles. The molecule has 16 heavy (non-hydrogen) atoms. The van der Waals surface area contributed by atoms with Gasteiger partial charge in [-0.3, -0.25) is 9.80 Å². The first-order valence-electron chi connectivity index (χ1n) is 6.54. The van der Waals surface area contributed by atoms with Crippen molar-refractivity contribution in [3.8, 4) is 0 Å². The SMILES string of the molecule is CC1CCN(C(C)(C)C)C(C(C)(C)C)N1C. The molecular formula is C14H30N2. The Morgan fingerprint density at radius 3 is 1.88 bits per heavy atom. The second-order valence-electron chi connectivity index (χ2n) is 7.41. The predicted octanol–water partition coefficient (Wildman–Crippen LogP) is 3.18. The molecule has 0 amide bonds. The summed E-state index contributed by atoms with van der Waals surface area (Å²) in [5, 5.41) is 0. The number of hydrogen-bond donors (Lipinski definition) is 0. The van der Waals surface area contributed by atoms with Crippen LogP contribution in [0.1, 0.15) is 54.9 Å². The van der Waals surface area contributed by atoms with Gasteiger partial charge in [0.1, 0.15) is 0 Å². The largest absolute Gasteiger partial charge is 0.288 e. The summed E-state index contributed by atoms with van der Waals surface area (Å²) in [5.74, 6) is 0. The van der Waals surface area contributed by atoms with Crippen LogP contribution in [-0.2, 0) is 0 Å². The zero-order valence-electron chi connectivity index (χ0n) is 12.5. The Morgan fingerprint density at radius 1 is 1.00 bits per heavy atom. The summed E-state index contributed by atoms with van der Waals surface area (Å²) >= 11 is 0. The molecule has 2 nitrogen and oxygen atoms in total. The minimum Gasteiger partial charge on any atom is -0.288 e. The van der Waals surface area contributed by atoms with Crippen LogP contribution in [0.5, 0.6) is 0 Å². The minimum absolute atomic E-state index is 0.256. The third-order valence-electron chi connectivity index (χ3n) is 3.80. The highest BCUT2D eigenvalue weighted by Crippen LogP contribution is 2.35. The highest BCUT2D eigenvalue weighted by molar-refractivity contribution is 4.94. The molecular weight excluding hydrogens is 196 g/mol. The topological polar surface area (TPSA) is 6.48 Å². The lowest BCUT2D eigenvalue weighted by Gasteiger charge is -2.56. The summed E-state index contributed by atoms with van der Waals surface area (Å²) in [6, 6.07) is 0.697. The van der Waals surface area contributed by atoms with Crippen molar-refractivity contribution in [3.05, 3.63) is 0 Å². The lowest BCUT2D eigenvalue weighted by atomic mass is 9.85. The minimum atomic E-state index is 0.256. The quantitative estimate of drug-likeness (QED) is 0.626. The lowest BCUT2D eigenvalue weighted by molar-refractivity contribution is -0.109. The Bertz CT molecular complexity index is 234. The zero-order chi connectivity index (χ0) is 12.7. The fourth-order valence-electron chi connectivity index (χ4n) is 2.89. The molecule has 2 atom stereocenters. The second-order valence-corrected chi connectivity index (χ2v) is 7.41. The first-order valence-corrected chi connectivity index (χ1v) is 6.54. The molecule has 2 unspecified atom stereocenters. The van der Waals surface area contributed by atoms with E-state index in [-0.39, 0.29) is 5.54 Å². The van der Waals surface area contributed by atoms with Crippen LogP contribution in [0.4, 0.5) is 0 Å². The van der Waals surface area contributed by atoms with Gasteiger partial charge in [-0.2, -0.15) is 0 Å². The van der Waals surface area contributed by atoms with Gasteiger partial charge in [0.05, 0.1) is 6.17 Å². The maximum Gasteiger partial charge on any atom is 0.0676 e. The third kappa shape index (κ3) is 2.78. The molecule has 0 aliphatic carbocycles. The van der Waals surface area contributed by atoms with E-state index in [1.54, 1.807) is 0 Å². The van der Waals surface area contributed by atoms with E-state index in [4.69, 9.17) is 0 Å². The van der Waals surface area contributed by atoms with Crippen LogP contribution in [0.15, 0.2) is 0 Å². The van der Waals surface area contributed by atoms with Gasteiger partial charge in [0, 0.05) is 18.1 Å². The average molecular weight is 226 g/mol. The molecule has 1 saturated heterocycles. The van der Waals surface area contributed by atoms with E-state index in [1.807, 2.05) is 0 Å². The van der Waals surface area contributed by atoms with Crippen LogP contribution in [0.3, 0.4) is 0 Å². The number of nitrogens with zero attached hydrogens (tertiary/aromatic N) is 2. The summed E-state index contributed by atoms with van der Waals surface area (Å²) in [5.41, 5.74) is 0.559. The molecule has 0 N–H and O–H groups in total. The van der Waals surface area contributed by atoms with Crippen molar-refractivity contribution in [1.82, 2.24) is 9.80 Å². The van der Waals surface area contributed by atoms with Gasteiger partial charge in [-0.1, -0.05) is 20.8 Å². The van der Waals surface area contributed by atoms with E-state index in [0.29, 0.717) is 17.6 Å². The molecule has 0 aromatic carbocycles. The fourth-order valence-corrected chi connectivity index (χ4v) is 2.89. The van der Waals surface area contributed by atoms with E-state index < -0.39 is 0 Å². The van der Waals surface area contributed by atoms with Crippen LogP contribution in [0, 0.1) is 5.41 Å². The Labute approximate surface area is 102 Å². The Kier molecular flexibility index (Phi) is 3.76. The predicted molar refractivity (Wildman–Crippen MR) is 71.5 cm³/mol. The lowest BCUT2D eigenvalue weighted by Crippen LogP contribution is -2.65. The molecule has 0 spiro atoms. The Hall–Kier alpha value is -0.0800. The van der Waals surface area contributed by atoms with E-state index in [0.717, 1.165) is 0 Å². The summed E-state index contributed by atoms with van der Waals surface area (Å²) in [4.78, 5) is 5.21. The van der Waals surface area contributed by atoms with Crippen LogP contribution in [0.2, 0.25) is 0 Å². The van der Waals surface area contributed by atoms with E-state index >= 15 is 0 Å². The fraction of sp³-hybridized carbons (Fsp3) is 1.00. The van der Waals surface area contributed by atoms with Gasteiger partial charge in [0.15, 0.2) is 0 Å². The van der Waals surface area contributed by atoms with Gasteiger partial charge in [-0.25, -0.2) is 0 Å². The van der Waals surface area contributed by atoms with Crippen molar-refractivity contribution in [1.29, 1.82) is 0 Å². The Balaban J connectivity index is 3.00. The molecule has 0 bridgehead atoms. The van der Waals surface area contributed by atoms with Crippen molar-refractivity contribution in [3.63, 3.8) is 0 Å². The van der Waals surface area contributed by atoms with Gasteiger partial charge in [-0.05, 0) is 46.6 Å². The van der Waals surface area contributed by atoms with Gasteiger partial charge in [-0.15, -0.1) is 0 Å². The molecule has 0 aromatic rings. The Morgan fingerprint density at radius 2 is 1.50 bits per heavy atom. The molecule has 1 fully saturated rings. The van der Waals surface area contributed by atoms with Crippen LogP contribution in [-0.4, -0.2) is 41.1 Å². The van der Waals surface area contributed by atoms with Crippen LogP contribution in [0.25, 0.3) is 0 Å². The molecule has 1 heterocycles. The molecule has 96 valence electrons. The molecule has 1 aliphatic heterocycles. The average Bonchev–Trinajstić information content (AvgIpc) is 2.05. The van der Waals surface area contributed by atoms with Gasteiger partial charge >= 0.3 is 0 Å². The van der Waals surface area contributed by atoms with Gasteiger partial charge < -0.3 is 0 Å². The molecule has 1 aliphatic rings. The summed E-state index contributed by atoms with van der Waals surface area (Å²) < 4.78 is 0. The normalized spacial score (nSPS) is 30.8. The van der Waals surface area contributed by atoms with Gasteiger partial charge in [0.2, 0.25) is 0 Å². The highest BCUT2D eigenvalue weighted by Gasteiger charge is 2.42. The summed E-state index contributed by atoms with van der Waals surface area (Å²) in [6.07, 6.45) is 1.82. The maximum absolute atomic E-state index is 2.66.